The zero-order valence-corrected chi connectivity index (χ0v) is 10.3. The molecule has 0 saturated carbocycles. The average molecular weight is 278 g/mol. The van der Waals surface area contributed by atoms with Crippen molar-refractivity contribution in [3.8, 4) is 5.75 Å². The summed E-state index contributed by atoms with van der Waals surface area (Å²) in [6.07, 6.45) is -3.90. The molecule has 0 radical (unpaired) electrons. The minimum absolute atomic E-state index is 0.209. The molecule has 1 N–H and O–H groups in total. The van der Waals surface area contributed by atoms with Crippen molar-refractivity contribution >= 4 is 11.7 Å². The molecule has 0 unspecified atom stereocenters. The first-order valence-electron chi connectivity index (χ1n) is 5.19. The number of amides is 2. The fourth-order valence-corrected chi connectivity index (χ4v) is 1.12. The molecule has 0 aliphatic rings. The summed E-state index contributed by atoms with van der Waals surface area (Å²) in [5, 5.41) is 3.29. The SMILES string of the molecule is CON(C)C(=O)Nc1cccc(OC(F)(F)CF)c1. The van der Waals surface area contributed by atoms with Crippen molar-refractivity contribution < 1.29 is 27.5 Å². The number of alkyl halides is 3. The number of carbonyl (C=O) groups is 1. The van der Waals surface area contributed by atoms with Crippen LogP contribution in [0.25, 0.3) is 0 Å². The standard InChI is InChI=1S/C11H13F3N2O3/c1-16(18-2)10(17)15-8-4-3-5-9(6-8)19-11(13,14)7-12/h3-6H,7H2,1-2H3,(H,15,17). The number of hydroxylamine groups is 2. The predicted molar refractivity (Wildman–Crippen MR) is 61.8 cm³/mol. The van der Waals surface area contributed by atoms with Crippen LogP contribution in [-0.2, 0) is 4.84 Å². The van der Waals surface area contributed by atoms with E-state index in [4.69, 9.17) is 0 Å². The van der Waals surface area contributed by atoms with Crippen LogP contribution < -0.4 is 10.1 Å². The lowest BCUT2D eigenvalue weighted by atomic mass is 10.3. The molecule has 1 aromatic carbocycles. The minimum Gasteiger partial charge on any atom is -0.431 e. The summed E-state index contributed by atoms with van der Waals surface area (Å²) in [7, 11) is 2.66. The van der Waals surface area contributed by atoms with E-state index in [2.05, 4.69) is 14.9 Å². The molecule has 1 aromatic rings. The number of benzene rings is 1. The number of hydrogen-bond acceptors (Lipinski definition) is 3. The van der Waals surface area contributed by atoms with Gasteiger partial charge in [0.05, 0.1) is 7.11 Å². The zero-order chi connectivity index (χ0) is 14.5. The topological polar surface area (TPSA) is 50.8 Å². The molecule has 106 valence electrons. The van der Waals surface area contributed by atoms with Gasteiger partial charge in [0, 0.05) is 18.8 Å². The van der Waals surface area contributed by atoms with E-state index in [-0.39, 0.29) is 11.4 Å². The first-order chi connectivity index (χ1) is 8.88. The maximum Gasteiger partial charge on any atom is 0.427 e. The number of nitrogens with zero attached hydrogens (tertiary/aromatic N) is 1. The molecule has 5 nitrogen and oxygen atoms in total. The Hall–Kier alpha value is -1.96. The van der Waals surface area contributed by atoms with Gasteiger partial charge in [-0.05, 0) is 12.1 Å². The molecule has 2 amide bonds. The number of carbonyl (C=O) groups excluding carboxylic acids is 1. The molecule has 0 bridgehead atoms. The second-order valence-electron chi connectivity index (χ2n) is 3.51. The summed E-state index contributed by atoms with van der Waals surface area (Å²) in [5.41, 5.74) is 0.209. The molecule has 1 rings (SSSR count). The van der Waals surface area contributed by atoms with E-state index in [1.807, 2.05) is 0 Å². The van der Waals surface area contributed by atoms with Gasteiger partial charge in [-0.25, -0.2) is 14.2 Å². The summed E-state index contributed by atoms with van der Waals surface area (Å²) >= 11 is 0. The van der Waals surface area contributed by atoms with E-state index in [1.165, 1.54) is 32.4 Å². The first kappa shape index (κ1) is 15.1. The first-order valence-corrected chi connectivity index (χ1v) is 5.19. The summed E-state index contributed by atoms with van der Waals surface area (Å²) in [4.78, 5) is 16.1. The highest BCUT2D eigenvalue weighted by atomic mass is 19.3. The molecule has 19 heavy (non-hydrogen) atoms. The highest BCUT2D eigenvalue weighted by molar-refractivity contribution is 5.88. The smallest absolute Gasteiger partial charge is 0.427 e. The van der Waals surface area contributed by atoms with Gasteiger partial charge in [-0.3, -0.25) is 4.84 Å². The minimum atomic E-state index is -3.90. The third kappa shape index (κ3) is 4.66. The lowest BCUT2D eigenvalue weighted by Gasteiger charge is -2.17. The van der Waals surface area contributed by atoms with E-state index >= 15 is 0 Å². The van der Waals surface area contributed by atoms with Gasteiger partial charge >= 0.3 is 12.1 Å². The highest BCUT2D eigenvalue weighted by Crippen LogP contribution is 2.24. The molecule has 0 aromatic heterocycles. The number of ether oxygens (including phenoxy) is 1. The van der Waals surface area contributed by atoms with Gasteiger partial charge < -0.3 is 10.1 Å². The highest BCUT2D eigenvalue weighted by Gasteiger charge is 2.31. The van der Waals surface area contributed by atoms with Crippen molar-refractivity contribution in [1.29, 1.82) is 0 Å². The number of nitrogens with one attached hydrogen (secondary N) is 1. The van der Waals surface area contributed by atoms with Crippen molar-refractivity contribution in [3.05, 3.63) is 24.3 Å². The molecule has 0 saturated heterocycles. The second-order valence-corrected chi connectivity index (χ2v) is 3.51. The van der Waals surface area contributed by atoms with E-state index in [1.54, 1.807) is 0 Å². The number of hydrogen-bond donors (Lipinski definition) is 1. The molecular formula is C11H13F3N2O3. The van der Waals surface area contributed by atoms with Gasteiger partial charge in [0.2, 0.25) is 0 Å². The Balaban J connectivity index is 2.75. The normalized spacial score (nSPS) is 11.0. The predicted octanol–water partition coefficient (Wildman–Crippen LogP) is 2.65. The maximum absolute atomic E-state index is 12.7. The average Bonchev–Trinajstić information content (AvgIpc) is 2.37. The molecule has 8 heteroatoms. The summed E-state index contributed by atoms with van der Waals surface area (Å²) < 4.78 is 41.5. The summed E-state index contributed by atoms with van der Waals surface area (Å²) in [5.74, 6) is -0.263. The molecule has 0 heterocycles. The second kappa shape index (κ2) is 6.28. The number of halogens is 3. The lowest BCUT2D eigenvalue weighted by molar-refractivity contribution is -0.186. The summed E-state index contributed by atoms with van der Waals surface area (Å²) in [6.45, 7) is -1.93. The Labute approximate surface area is 107 Å². The molecule has 0 atom stereocenters. The molecule has 0 aliphatic heterocycles. The van der Waals surface area contributed by atoms with Crippen LogP contribution in [0.5, 0.6) is 5.75 Å². The van der Waals surface area contributed by atoms with Crippen molar-refractivity contribution in [3.63, 3.8) is 0 Å². The zero-order valence-electron chi connectivity index (χ0n) is 10.3. The van der Waals surface area contributed by atoms with Gasteiger partial charge in [0.25, 0.3) is 0 Å². The van der Waals surface area contributed by atoms with Gasteiger partial charge in [-0.2, -0.15) is 8.78 Å². The fourth-order valence-electron chi connectivity index (χ4n) is 1.12. The Morgan fingerprint density at radius 1 is 1.47 bits per heavy atom. The van der Waals surface area contributed by atoms with Gasteiger partial charge in [-0.1, -0.05) is 6.07 Å². The van der Waals surface area contributed by atoms with Crippen LogP contribution in [0, 0.1) is 0 Å². The van der Waals surface area contributed by atoms with Crippen LogP contribution in [0.15, 0.2) is 24.3 Å². The molecule has 0 aliphatic carbocycles. The van der Waals surface area contributed by atoms with E-state index in [0.29, 0.717) is 0 Å². The quantitative estimate of drug-likeness (QED) is 0.842. The number of rotatable bonds is 5. The van der Waals surface area contributed by atoms with Crippen molar-refractivity contribution in [2.24, 2.45) is 0 Å². The van der Waals surface area contributed by atoms with Crippen LogP contribution in [0.2, 0.25) is 0 Å². The Kier molecular flexibility index (Phi) is 4.99. The molecule has 0 fully saturated rings. The van der Waals surface area contributed by atoms with Crippen LogP contribution in [0.1, 0.15) is 0 Å². The van der Waals surface area contributed by atoms with Gasteiger partial charge in [0.15, 0.2) is 6.67 Å². The Morgan fingerprint density at radius 3 is 2.74 bits per heavy atom. The van der Waals surface area contributed by atoms with E-state index in [0.717, 1.165) is 11.1 Å². The third-order valence-electron chi connectivity index (χ3n) is 2.07. The maximum atomic E-state index is 12.7. The van der Waals surface area contributed by atoms with Crippen molar-refractivity contribution in [1.82, 2.24) is 5.06 Å². The van der Waals surface area contributed by atoms with Crippen LogP contribution in [0.3, 0.4) is 0 Å². The number of urea groups is 1. The van der Waals surface area contributed by atoms with Crippen LogP contribution in [-0.4, -0.2) is 38.0 Å². The third-order valence-corrected chi connectivity index (χ3v) is 2.07. The molecule has 0 spiro atoms. The Bertz CT molecular complexity index is 443. The van der Waals surface area contributed by atoms with Crippen LogP contribution in [0.4, 0.5) is 23.7 Å². The van der Waals surface area contributed by atoms with Crippen LogP contribution >= 0.6 is 0 Å². The van der Waals surface area contributed by atoms with Crippen molar-refractivity contribution in [2.45, 2.75) is 6.11 Å². The van der Waals surface area contributed by atoms with E-state index < -0.39 is 18.8 Å². The fraction of sp³-hybridized carbons (Fsp3) is 0.364. The van der Waals surface area contributed by atoms with Gasteiger partial charge in [-0.15, -0.1) is 0 Å². The van der Waals surface area contributed by atoms with Gasteiger partial charge in [0.1, 0.15) is 5.75 Å². The monoisotopic (exact) mass is 278 g/mol. The van der Waals surface area contributed by atoms with E-state index in [9.17, 15) is 18.0 Å². The summed E-state index contributed by atoms with van der Waals surface area (Å²) in [6, 6.07) is 4.61. The molecular weight excluding hydrogens is 265 g/mol. The number of anilines is 1. The van der Waals surface area contributed by atoms with Crippen molar-refractivity contribution in [2.75, 3.05) is 26.1 Å². The largest absolute Gasteiger partial charge is 0.431 e. The lowest BCUT2D eigenvalue weighted by Crippen LogP contribution is -2.30. The Morgan fingerprint density at radius 2 is 2.16 bits per heavy atom.